The Morgan fingerprint density at radius 2 is 1.76 bits per heavy atom. The second-order valence-electron chi connectivity index (χ2n) is 13.7. The summed E-state index contributed by atoms with van der Waals surface area (Å²) in [5.74, 6) is 6.84. The first kappa shape index (κ1) is 28.1. The predicted molar refractivity (Wildman–Crippen MR) is 158 cm³/mol. The Morgan fingerprint density at radius 3 is 2.38 bits per heavy atom. The Hall–Kier alpha value is -0.520. The van der Waals surface area contributed by atoms with Gasteiger partial charge in [0.15, 0.2) is 0 Å². The summed E-state index contributed by atoms with van der Waals surface area (Å²) in [6.45, 7) is 20.7. The van der Waals surface area contributed by atoms with Crippen molar-refractivity contribution in [3.05, 3.63) is 24.3 Å². The molecular weight excluding hydrogens is 408 g/mol. The Morgan fingerprint density at radius 1 is 1.03 bits per heavy atom. The summed E-state index contributed by atoms with van der Waals surface area (Å²) in [5.41, 5.74) is 3.08. The van der Waals surface area contributed by atoms with Crippen LogP contribution in [0.15, 0.2) is 24.3 Å². The van der Waals surface area contributed by atoms with Crippen LogP contribution >= 0.6 is 0 Å². The van der Waals surface area contributed by atoms with E-state index in [-0.39, 0.29) is 4.28 Å². The second kappa shape index (κ2) is 12.1. The van der Waals surface area contributed by atoms with Crippen LogP contribution in [0.4, 0.5) is 0 Å². The molecule has 34 heavy (non-hydrogen) atoms. The van der Waals surface area contributed by atoms with Gasteiger partial charge in [-0.3, -0.25) is 0 Å². The van der Waals surface area contributed by atoms with E-state index in [1.165, 1.54) is 77.0 Å². The van der Waals surface area contributed by atoms with Crippen LogP contribution in [-0.2, 0) is 0 Å². The van der Waals surface area contributed by atoms with Crippen molar-refractivity contribution in [3.8, 4) is 0 Å². The average molecular weight is 475 g/mol. The molecule has 0 nitrogen and oxygen atoms in total. The van der Waals surface area contributed by atoms with Crippen molar-refractivity contribution in [2.45, 2.75) is 138 Å². The van der Waals surface area contributed by atoms with Crippen LogP contribution in [0.3, 0.4) is 0 Å². The first-order valence-electron chi connectivity index (χ1n) is 15.5. The van der Waals surface area contributed by atoms with Crippen LogP contribution in [0.25, 0.3) is 0 Å². The van der Waals surface area contributed by atoms with Gasteiger partial charge in [0.2, 0.25) is 0 Å². The van der Waals surface area contributed by atoms with Gasteiger partial charge in [-0.2, -0.15) is 0 Å². The molecular formula is C34H66. The van der Waals surface area contributed by atoms with Crippen LogP contribution < -0.4 is 0 Å². The molecule has 4 rings (SSSR count). The van der Waals surface area contributed by atoms with Gasteiger partial charge in [0.1, 0.15) is 0 Å². The number of hydrogen-bond donors (Lipinski definition) is 0. The largest absolute Gasteiger partial charge is 0.103 e. The molecule has 0 N–H and O–H groups in total. The molecule has 0 aromatic heterocycles. The zero-order valence-electron chi connectivity index (χ0n) is 24.3. The molecule has 3 fully saturated rings. The molecule has 0 aromatic carbocycles. The van der Waals surface area contributed by atoms with Crippen molar-refractivity contribution in [1.82, 2.24) is 0 Å². The molecule has 4 aliphatic rings. The van der Waals surface area contributed by atoms with E-state index in [1.54, 1.807) is 6.42 Å². The van der Waals surface area contributed by atoms with Crippen LogP contribution in [0.2, 0.25) is 0 Å². The fraction of sp³-hybridized carbons (Fsp3) is 0.882. The molecule has 0 aliphatic heterocycles. The normalized spacial score (nSPS) is 39.8. The van der Waals surface area contributed by atoms with Crippen molar-refractivity contribution in [2.75, 3.05) is 0 Å². The highest BCUT2D eigenvalue weighted by Gasteiger charge is 2.59. The SMILES string of the molecule is C=CCC.CCC1CCC2(C)C(=CCC3C2CC[C@@]2(C)C3CC[C@@H]2[C@H](CC)CCCC(C)C)C1.[HH].[HH].[HH]. The van der Waals surface area contributed by atoms with E-state index in [9.17, 15) is 0 Å². The van der Waals surface area contributed by atoms with Gasteiger partial charge in [-0.05, 0) is 110 Å². The molecule has 0 bridgehead atoms. The number of allylic oxidation sites excluding steroid dienone is 3. The number of fused-ring (bicyclic) bond motifs is 5. The Balaban J connectivity index is 0.00000173. The molecule has 0 saturated heterocycles. The van der Waals surface area contributed by atoms with E-state index in [0.29, 0.717) is 10.8 Å². The molecule has 202 valence electrons. The van der Waals surface area contributed by atoms with E-state index in [4.69, 9.17) is 0 Å². The van der Waals surface area contributed by atoms with E-state index < -0.39 is 0 Å². The van der Waals surface area contributed by atoms with Crippen LogP contribution in [0, 0.1) is 52.3 Å². The summed E-state index contributed by atoms with van der Waals surface area (Å²) in [4.78, 5) is 0. The monoisotopic (exact) mass is 475 g/mol. The molecule has 0 aromatic rings. The minimum Gasteiger partial charge on any atom is -0.103 e. The third-order valence-electron chi connectivity index (χ3n) is 11.6. The number of rotatable bonds is 8. The maximum absolute atomic E-state index is 3.48. The second-order valence-corrected chi connectivity index (χ2v) is 13.7. The first-order valence-corrected chi connectivity index (χ1v) is 15.5. The quantitative estimate of drug-likeness (QED) is 0.307. The fourth-order valence-electron chi connectivity index (χ4n) is 9.38. The minimum atomic E-state index is 0. The first-order chi connectivity index (χ1) is 16.2. The molecule has 8 atom stereocenters. The van der Waals surface area contributed by atoms with Crippen LogP contribution in [0.1, 0.15) is 143 Å². The van der Waals surface area contributed by atoms with E-state index >= 15 is 0 Å². The van der Waals surface area contributed by atoms with Gasteiger partial charge in [-0.1, -0.05) is 98.3 Å². The van der Waals surface area contributed by atoms with E-state index in [2.05, 4.69) is 61.1 Å². The van der Waals surface area contributed by atoms with Gasteiger partial charge in [0.25, 0.3) is 0 Å². The van der Waals surface area contributed by atoms with Crippen LogP contribution in [-0.4, -0.2) is 0 Å². The third-order valence-corrected chi connectivity index (χ3v) is 11.6. The summed E-state index contributed by atoms with van der Waals surface area (Å²) in [6.07, 6.45) is 24.9. The summed E-state index contributed by atoms with van der Waals surface area (Å²) < 4.78 is 0. The van der Waals surface area contributed by atoms with Crippen molar-refractivity contribution >= 4 is 0 Å². The summed E-state index contributed by atoms with van der Waals surface area (Å²) in [5, 5.41) is 0. The summed E-state index contributed by atoms with van der Waals surface area (Å²) in [6, 6.07) is 0. The molecule has 0 radical (unpaired) electrons. The molecule has 0 heterocycles. The third kappa shape index (κ3) is 5.57. The highest BCUT2D eigenvalue weighted by atomic mass is 14.6. The summed E-state index contributed by atoms with van der Waals surface area (Å²) >= 11 is 0. The Labute approximate surface area is 219 Å². The van der Waals surface area contributed by atoms with Gasteiger partial charge in [0, 0.05) is 4.28 Å². The van der Waals surface area contributed by atoms with Crippen molar-refractivity contribution in [3.63, 3.8) is 0 Å². The molecule has 3 saturated carbocycles. The van der Waals surface area contributed by atoms with Gasteiger partial charge >= 0.3 is 0 Å². The van der Waals surface area contributed by atoms with Crippen molar-refractivity contribution in [2.24, 2.45) is 52.3 Å². The minimum absolute atomic E-state index is 0. The lowest BCUT2D eigenvalue weighted by Crippen LogP contribution is -2.50. The topological polar surface area (TPSA) is 0 Å². The fourth-order valence-corrected chi connectivity index (χ4v) is 9.38. The van der Waals surface area contributed by atoms with Gasteiger partial charge in [-0.15, -0.1) is 6.58 Å². The Bertz CT molecular complexity index is 685. The lowest BCUT2D eigenvalue weighted by molar-refractivity contribution is -0.0545. The highest BCUT2D eigenvalue weighted by molar-refractivity contribution is 5.25. The zero-order valence-corrected chi connectivity index (χ0v) is 24.3. The standard InChI is InChI=1S/C30H52.C4H8.3H2/c1-7-22-16-18-29(5)24(20-22)12-13-25-27-15-14-26(30(27,6)19-17-28(25)29)23(8-2)11-9-10-21(3)4;1-3-4-2;;;/h12,21-23,25-28H,7-11,13-20H2,1-6H3;3H,1,4H2,2H3;3*1H/t22?,23-,25?,26-,27?,28?,29?,30-;;;;/m1..../s1. The van der Waals surface area contributed by atoms with Crippen molar-refractivity contribution in [1.29, 1.82) is 0 Å². The Kier molecular flexibility index (Phi) is 10.0. The molecule has 4 aliphatic carbocycles. The maximum atomic E-state index is 3.48. The molecule has 5 unspecified atom stereocenters. The zero-order chi connectivity index (χ0) is 24.9. The summed E-state index contributed by atoms with van der Waals surface area (Å²) in [7, 11) is 0. The van der Waals surface area contributed by atoms with E-state index in [0.717, 1.165) is 47.8 Å². The molecule has 0 amide bonds. The highest BCUT2D eigenvalue weighted by Crippen LogP contribution is 2.67. The van der Waals surface area contributed by atoms with E-state index in [1.807, 2.05) is 11.6 Å². The molecule has 0 heteroatoms. The predicted octanol–water partition coefficient (Wildman–Crippen LogP) is 11.8. The lowest BCUT2D eigenvalue weighted by Gasteiger charge is -2.58. The van der Waals surface area contributed by atoms with Crippen molar-refractivity contribution < 1.29 is 4.28 Å². The maximum Gasteiger partial charge on any atom is 0 e. The molecule has 0 spiro atoms. The average Bonchev–Trinajstić information content (AvgIpc) is 3.18. The van der Waals surface area contributed by atoms with Gasteiger partial charge < -0.3 is 0 Å². The van der Waals surface area contributed by atoms with Gasteiger partial charge in [-0.25, -0.2) is 0 Å². The van der Waals surface area contributed by atoms with Gasteiger partial charge in [0.05, 0.1) is 0 Å². The number of hydrogen-bond acceptors (Lipinski definition) is 0. The van der Waals surface area contributed by atoms with Crippen LogP contribution in [0.5, 0.6) is 0 Å². The smallest absolute Gasteiger partial charge is 0 e. The lowest BCUT2D eigenvalue weighted by atomic mass is 9.46.